The minimum absolute atomic E-state index is 0.108. The summed E-state index contributed by atoms with van der Waals surface area (Å²) < 4.78 is 4.25. The number of likely N-dealkylation sites (tertiary alicyclic amines) is 1. The van der Waals surface area contributed by atoms with E-state index in [0.717, 1.165) is 25.2 Å². The first-order valence-electron chi connectivity index (χ1n) is 16.4. The van der Waals surface area contributed by atoms with Gasteiger partial charge in [-0.2, -0.15) is 0 Å². The largest absolute Gasteiger partial charge is 0.394 e. The van der Waals surface area contributed by atoms with Gasteiger partial charge in [0, 0.05) is 49.7 Å². The number of nitrogens with zero attached hydrogens (tertiary/aromatic N) is 4. The number of morpholine rings is 1. The molecule has 6 atom stereocenters. The number of amides is 3. The predicted molar refractivity (Wildman–Crippen MR) is 179 cm³/mol. The number of hydrogen-bond donors (Lipinski definition) is 1. The molecule has 0 aliphatic carbocycles. The van der Waals surface area contributed by atoms with E-state index < -0.39 is 33.4 Å². The number of thioether (sulfide) groups is 1. The van der Waals surface area contributed by atoms with Crippen molar-refractivity contribution < 1.29 is 24.2 Å². The third-order valence-electron chi connectivity index (χ3n) is 10.2. The van der Waals surface area contributed by atoms with E-state index >= 15 is 0 Å². The van der Waals surface area contributed by atoms with Gasteiger partial charge in [0.25, 0.3) is 0 Å². The van der Waals surface area contributed by atoms with E-state index in [0.29, 0.717) is 52.2 Å². The predicted octanol–water partition coefficient (Wildman–Crippen LogP) is 3.44. The minimum atomic E-state index is -0.773. The molecule has 9 nitrogen and oxygen atoms in total. The van der Waals surface area contributed by atoms with Gasteiger partial charge < -0.3 is 24.5 Å². The second-order valence-electron chi connectivity index (χ2n) is 13.5. The van der Waals surface area contributed by atoms with E-state index in [9.17, 15) is 19.5 Å². The molecule has 4 heterocycles. The van der Waals surface area contributed by atoms with Crippen LogP contribution in [-0.2, 0) is 19.1 Å². The van der Waals surface area contributed by atoms with Crippen molar-refractivity contribution in [3.63, 3.8) is 0 Å². The van der Waals surface area contributed by atoms with Crippen LogP contribution in [0.25, 0.3) is 0 Å². The SMILES string of the molecule is C=CCN(CCN1CCOCC1)C(=O)C1N([C@@H](CO)CC(C)C)C(=O)[C@@H]2[C@H](C(=O)N(CC=C)c3ccccc3)[C@]3(C)CCC12S3. The van der Waals surface area contributed by atoms with Crippen molar-refractivity contribution in [2.75, 3.05) is 64.0 Å². The molecule has 1 aromatic rings. The lowest BCUT2D eigenvalue weighted by molar-refractivity contribution is -0.146. The van der Waals surface area contributed by atoms with E-state index in [-0.39, 0.29) is 30.2 Å². The average molecular weight is 639 g/mol. The number of carbonyl (C=O) groups is 3. The molecule has 5 rings (SSSR count). The zero-order chi connectivity index (χ0) is 32.4. The molecule has 0 saturated carbocycles. The number of ether oxygens (including phenoxy) is 1. The van der Waals surface area contributed by atoms with Crippen LogP contribution in [0.4, 0.5) is 5.69 Å². The second-order valence-corrected chi connectivity index (χ2v) is 15.4. The Morgan fingerprint density at radius 2 is 1.80 bits per heavy atom. The van der Waals surface area contributed by atoms with Crippen LogP contribution in [-0.4, -0.2) is 118 Å². The second kappa shape index (κ2) is 14.0. The Morgan fingerprint density at radius 1 is 1.11 bits per heavy atom. The molecule has 1 spiro atoms. The molecule has 1 aromatic carbocycles. The van der Waals surface area contributed by atoms with Crippen LogP contribution in [0.1, 0.15) is 40.0 Å². The van der Waals surface area contributed by atoms with Crippen molar-refractivity contribution in [1.82, 2.24) is 14.7 Å². The molecule has 4 aliphatic heterocycles. The van der Waals surface area contributed by atoms with Crippen LogP contribution in [0.3, 0.4) is 0 Å². The van der Waals surface area contributed by atoms with Crippen molar-refractivity contribution in [2.24, 2.45) is 17.8 Å². The fourth-order valence-electron chi connectivity index (χ4n) is 8.17. The number of fused-ring (bicyclic) bond motifs is 1. The van der Waals surface area contributed by atoms with Crippen molar-refractivity contribution in [3.05, 3.63) is 55.6 Å². The Bertz CT molecular complexity index is 1260. The molecule has 3 amide bonds. The Hall–Kier alpha value is -2.66. The first-order chi connectivity index (χ1) is 21.6. The van der Waals surface area contributed by atoms with Gasteiger partial charge in [-0.3, -0.25) is 19.3 Å². The molecule has 4 fully saturated rings. The van der Waals surface area contributed by atoms with Gasteiger partial charge in [-0.15, -0.1) is 24.9 Å². The standard InChI is InChI=1S/C35H50N4O5S/c1-6-15-37(18-17-36-19-21-44-22-20-36)33(43)30-35-14-13-34(5,45-35)28(29(35)32(42)39(30)27(24-40)23-25(3)4)31(41)38(16-7-2)26-11-9-8-10-12-26/h6-12,25,27-30,40H,1-2,13-24H2,3-5H3/t27-,28-,29+,30?,34+,35?/m1/s1. The molecule has 0 aromatic heterocycles. The highest BCUT2D eigenvalue weighted by atomic mass is 32.2. The minimum Gasteiger partial charge on any atom is -0.394 e. The summed E-state index contributed by atoms with van der Waals surface area (Å²) in [5.74, 6) is -1.47. The highest BCUT2D eigenvalue weighted by Gasteiger charge is 2.78. The number of hydrogen-bond acceptors (Lipinski definition) is 7. The fraction of sp³-hybridized carbons (Fsp3) is 0.629. The van der Waals surface area contributed by atoms with E-state index in [1.807, 2.05) is 35.2 Å². The number of anilines is 1. The van der Waals surface area contributed by atoms with Crippen LogP contribution in [0, 0.1) is 17.8 Å². The van der Waals surface area contributed by atoms with Crippen LogP contribution >= 0.6 is 11.8 Å². The Kier molecular flexibility index (Phi) is 10.5. The summed E-state index contributed by atoms with van der Waals surface area (Å²) in [6, 6.07) is 8.23. The van der Waals surface area contributed by atoms with Gasteiger partial charge in [0.15, 0.2) is 0 Å². The maximum atomic E-state index is 14.9. The van der Waals surface area contributed by atoms with Gasteiger partial charge in [-0.05, 0) is 44.2 Å². The topological polar surface area (TPSA) is 93.6 Å². The smallest absolute Gasteiger partial charge is 0.247 e. The van der Waals surface area contributed by atoms with Gasteiger partial charge in [0.05, 0.1) is 42.4 Å². The highest BCUT2D eigenvalue weighted by molar-refractivity contribution is 8.02. The van der Waals surface area contributed by atoms with Crippen LogP contribution in [0.15, 0.2) is 55.6 Å². The number of rotatable bonds is 14. The summed E-state index contributed by atoms with van der Waals surface area (Å²) >= 11 is 1.67. The molecule has 246 valence electrons. The van der Waals surface area contributed by atoms with Gasteiger partial charge in [-0.25, -0.2) is 0 Å². The molecule has 4 aliphatic rings. The Morgan fingerprint density at radius 3 is 2.42 bits per heavy atom. The van der Waals surface area contributed by atoms with Crippen molar-refractivity contribution in [3.8, 4) is 0 Å². The van der Waals surface area contributed by atoms with Crippen molar-refractivity contribution in [1.29, 1.82) is 0 Å². The number of benzene rings is 1. The molecule has 2 bridgehead atoms. The number of carbonyl (C=O) groups excluding carboxylic acids is 3. The Labute approximate surface area is 272 Å². The number of aliphatic hydroxyl groups is 1. The van der Waals surface area contributed by atoms with Gasteiger partial charge in [0.2, 0.25) is 17.7 Å². The lowest BCUT2D eigenvalue weighted by Crippen LogP contribution is -2.58. The monoisotopic (exact) mass is 638 g/mol. The average Bonchev–Trinajstić information content (AvgIpc) is 3.61. The van der Waals surface area contributed by atoms with Crippen LogP contribution in [0.5, 0.6) is 0 Å². The summed E-state index contributed by atoms with van der Waals surface area (Å²) in [7, 11) is 0. The number of para-hydroxylation sites is 1. The van der Waals surface area contributed by atoms with Crippen molar-refractivity contribution >= 4 is 35.2 Å². The quantitative estimate of drug-likeness (QED) is 0.312. The highest BCUT2D eigenvalue weighted by Crippen LogP contribution is 2.72. The molecular weight excluding hydrogens is 588 g/mol. The van der Waals surface area contributed by atoms with Gasteiger partial charge in [-0.1, -0.05) is 44.2 Å². The molecule has 0 radical (unpaired) electrons. The third kappa shape index (κ3) is 6.23. The van der Waals surface area contributed by atoms with E-state index in [2.05, 4.69) is 38.8 Å². The summed E-state index contributed by atoms with van der Waals surface area (Å²) in [6.45, 7) is 18.7. The molecule has 2 unspecified atom stereocenters. The lowest BCUT2D eigenvalue weighted by Gasteiger charge is -2.40. The zero-order valence-corrected chi connectivity index (χ0v) is 27.9. The van der Waals surface area contributed by atoms with Gasteiger partial charge in [0.1, 0.15) is 6.04 Å². The molecule has 4 saturated heterocycles. The molecule has 10 heteroatoms. The summed E-state index contributed by atoms with van der Waals surface area (Å²) in [5, 5.41) is 10.7. The van der Waals surface area contributed by atoms with Crippen molar-refractivity contribution in [2.45, 2.75) is 61.6 Å². The van der Waals surface area contributed by atoms with E-state index in [1.54, 1.807) is 33.7 Å². The first kappa shape index (κ1) is 33.7. The van der Waals surface area contributed by atoms with Crippen LogP contribution < -0.4 is 4.90 Å². The molecular formula is C35H50N4O5S. The number of aliphatic hydroxyl groups excluding tert-OH is 1. The van der Waals surface area contributed by atoms with Gasteiger partial charge >= 0.3 is 0 Å². The summed E-state index contributed by atoms with van der Waals surface area (Å²) in [4.78, 5) is 51.9. The fourth-order valence-corrected chi connectivity index (χ4v) is 10.5. The van der Waals surface area contributed by atoms with Crippen LogP contribution in [0.2, 0.25) is 0 Å². The molecule has 45 heavy (non-hydrogen) atoms. The molecule has 1 N–H and O–H groups in total. The van der Waals surface area contributed by atoms with E-state index in [4.69, 9.17) is 4.74 Å². The maximum absolute atomic E-state index is 14.9. The zero-order valence-electron chi connectivity index (χ0n) is 27.1. The summed E-state index contributed by atoms with van der Waals surface area (Å²) in [6.07, 6.45) is 5.42. The summed E-state index contributed by atoms with van der Waals surface area (Å²) in [5.41, 5.74) is 0.760. The Balaban J connectivity index is 1.54. The van der Waals surface area contributed by atoms with E-state index in [1.165, 1.54) is 0 Å². The normalized spacial score (nSPS) is 29.9. The maximum Gasteiger partial charge on any atom is 0.247 e. The first-order valence-corrected chi connectivity index (χ1v) is 17.2. The third-order valence-corrected chi connectivity index (χ3v) is 12.1. The lowest BCUT2D eigenvalue weighted by atomic mass is 9.66.